The molecule has 19 heavy (non-hydrogen) atoms. The van der Waals surface area contributed by atoms with Gasteiger partial charge in [-0.15, -0.1) is 0 Å². The summed E-state index contributed by atoms with van der Waals surface area (Å²) < 4.78 is 0. The molecule has 2 aromatic rings. The van der Waals surface area contributed by atoms with Gasteiger partial charge in [-0.3, -0.25) is 4.98 Å². The highest BCUT2D eigenvalue weighted by Gasteiger charge is 2.03. The molecule has 0 atom stereocenters. The van der Waals surface area contributed by atoms with Crippen LogP contribution in [0.1, 0.15) is 23.7 Å². The van der Waals surface area contributed by atoms with Crippen molar-refractivity contribution in [1.29, 1.82) is 0 Å². The second-order valence-electron chi connectivity index (χ2n) is 4.74. The number of nitrogens with zero attached hydrogens (tertiary/aromatic N) is 2. The van der Waals surface area contributed by atoms with Gasteiger partial charge in [-0.1, -0.05) is 31.2 Å². The highest BCUT2D eigenvalue weighted by molar-refractivity contribution is 5.46. The number of aromatic nitrogens is 1. The minimum absolute atomic E-state index is 0.479. The van der Waals surface area contributed by atoms with Crippen molar-refractivity contribution in [3.8, 4) is 0 Å². The summed E-state index contributed by atoms with van der Waals surface area (Å²) in [4.78, 5) is 6.43. The summed E-state index contributed by atoms with van der Waals surface area (Å²) in [6.07, 6.45) is 2.90. The molecule has 0 unspecified atom stereocenters. The molecule has 0 saturated carbocycles. The third-order valence-corrected chi connectivity index (χ3v) is 3.30. The van der Waals surface area contributed by atoms with E-state index in [9.17, 15) is 0 Å². The molecule has 0 saturated heterocycles. The van der Waals surface area contributed by atoms with E-state index in [2.05, 4.69) is 48.1 Å². The van der Waals surface area contributed by atoms with Gasteiger partial charge in [-0.05, 0) is 29.7 Å². The molecule has 2 N–H and O–H groups in total. The Balaban J connectivity index is 2.08. The van der Waals surface area contributed by atoms with E-state index in [0.29, 0.717) is 6.54 Å². The second kappa shape index (κ2) is 6.34. The summed E-state index contributed by atoms with van der Waals surface area (Å²) in [5.74, 6) is 0. The van der Waals surface area contributed by atoms with Crippen molar-refractivity contribution in [2.75, 3.05) is 11.9 Å². The zero-order valence-electron chi connectivity index (χ0n) is 11.6. The minimum Gasteiger partial charge on any atom is -0.370 e. The monoisotopic (exact) mass is 255 g/mol. The van der Waals surface area contributed by atoms with Crippen molar-refractivity contribution >= 4 is 5.69 Å². The van der Waals surface area contributed by atoms with Gasteiger partial charge in [0.05, 0.1) is 5.69 Å². The van der Waals surface area contributed by atoms with Crippen LogP contribution in [-0.4, -0.2) is 12.0 Å². The van der Waals surface area contributed by atoms with Gasteiger partial charge < -0.3 is 10.6 Å². The SMILES string of the molecule is CCc1ccc(CN(C)c2ccnc(CN)c2)cc1. The topological polar surface area (TPSA) is 42.2 Å². The van der Waals surface area contributed by atoms with Crippen LogP contribution in [0, 0.1) is 0 Å². The van der Waals surface area contributed by atoms with E-state index in [1.54, 1.807) is 0 Å². The van der Waals surface area contributed by atoms with Crippen molar-refractivity contribution in [2.45, 2.75) is 26.4 Å². The van der Waals surface area contributed by atoms with Gasteiger partial charge in [0.25, 0.3) is 0 Å². The number of nitrogens with two attached hydrogens (primary N) is 1. The predicted molar refractivity (Wildman–Crippen MR) is 80.1 cm³/mol. The molecular weight excluding hydrogens is 234 g/mol. The van der Waals surface area contributed by atoms with Crippen LogP contribution in [0.5, 0.6) is 0 Å². The molecule has 3 nitrogen and oxygen atoms in total. The molecule has 0 aliphatic heterocycles. The van der Waals surface area contributed by atoms with Crippen LogP contribution in [0.4, 0.5) is 5.69 Å². The van der Waals surface area contributed by atoms with Crippen molar-refractivity contribution in [1.82, 2.24) is 4.98 Å². The molecule has 100 valence electrons. The van der Waals surface area contributed by atoms with Crippen LogP contribution in [0.3, 0.4) is 0 Å². The largest absolute Gasteiger partial charge is 0.370 e. The molecule has 0 fully saturated rings. The predicted octanol–water partition coefficient (Wildman–Crippen LogP) is 2.74. The summed E-state index contributed by atoms with van der Waals surface area (Å²) in [6, 6.07) is 12.8. The Morgan fingerprint density at radius 2 is 1.79 bits per heavy atom. The summed E-state index contributed by atoms with van der Waals surface area (Å²) in [5, 5.41) is 0. The van der Waals surface area contributed by atoms with Crippen LogP contribution < -0.4 is 10.6 Å². The smallest absolute Gasteiger partial charge is 0.0560 e. The molecule has 1 aromatic carbocycles. The number of benzene rings is 1. The average molecular weight is 255 g/mol. The number of rotatable bonds is 5. The Morgan fingerprint density at radius 1 is 1.11 bits per heavy atom. The van der Waals surface area contributed by atoms with Gasteiger partial charge in [0, 0.05) is 32.0 Å². The molecule has 3 heteroatoms. The Kier molecular flexibility index (Phi) is 4.53. The van der Waals surface area contributed by atoms with Crippen molar-refractivity contribution in [3.63, 3.8) is 0 Å². The summed E-state index contributed by atoms with van der Waals surface area (Å²) in [6.45, 7) is 3.54. The number of pyridine rings is 1. The fraction of sp³-hybridized carbons (Fsp3) is 0.312. The van der Waals surface area contributed by atoms with Gasteiger partial charge in [0.15, 0.2) is 0 Å². The third kappa shape index (κ3) is 3.55. The van der Waals surface area contributed by atoms with Crippen LogP contribution in [0.25, 0.3) is 0 Å². The van der Waals surface area contributed by atoms with Gasteiger partial charge >= 0.3 is 0 Å². The maximum absolute atomic E-state index is 5.62. The fourth-order valence-electron chi connectivity index (χ4n) is 2.06. The minimum atomic E-state index is 0.479. The fourth-order valence-corrected chi connectivity index (χ4v) is 2.06. The zero-order valence-corrected chi connectivity index (χ0v) is 11.6. The molecule has 0 bridgehead atoms. The molecule has 1 heterocycles. The molecule has 0 aliphatic carbocycles. The average Bonchev–Trinajstić information content (AvgIpc) is 2.48. The molecule has 0 spiro atoms. The normalized spacial score (nSPS) is 10.5. The summed E-state index contributed by atoms with van der Waals surface area (Å²) in [7, 11) is 2.09. The summed E-state index contributed by atoms with van der Waals surface area (Å²) in [5.41, 5.74) is 10.4. The van der Waals surface area contributed by atoms with Crippen molar-refractivity contribution < 1.29 is 0 Å². The first-order chi connectivity index (χ1) is 9.22. The van der Waals surface area contributed by atoms with Crippen LogP contribution in [-0.2, 0) is 19.5 Å². The summed E-state index contributed by atoms with van der Waals surface area (Å²) >= 11 is 0. The molecule has 2 rings (SSSR count). The van der Waals surface area contributed by atoms with E-state index in [1.807, 2.05) is 18.3 Å². The van der Waals surface area contributed by atoms with E-state index in [-0.39, 0.29) is 0 Å². The zero-order chi connectivity index (χ0) is 13.7. The van der Waals surface area contributed by atoms with Crippen molar-refractivity contribution in [2.24, 2.45) is 5.73 Å². The highest BCUT2D eigenvalue weighted by Crippen LogP contribution is 2.16. The lowest BCUT2D eigenvalue weighted by molar-refractivity contribution is 0.907. The number of hydrogen-bond acceptors (Lipinski definition) is 3. The van der Waals surface area contributed by atoms with E-state index in [0.717, 1.165) is 24.3 Å². The maximum atomic E-state index is 5.62. The first-order valence-corrected chi connectivity index (χ1v) is 6.67. The van der Waals surface area contributed by atoms with Crippen LogP contribution in [0.15, 0.2) is 42.6 Å². The Hall–Kier alpha value is -1.87. The Bertz CT molecular complexity index is 520. The van der Waals surface area contributed by atoms with E-state index in [4.69, 9.17) is 5.73 Å². The maximum Gasteiger partial charge on any atom is 0.0560 e. The van der Waals surface area contributed by atoms with Gasteiger partial charge in [0.1, 0.15) is 0 Å². The Labute approximate surface area is 115 Å². The quantitative estimate of drug-likeness (QED) is 0.893. The highest BCUT2D eigenvalue weighted by atomic mass is 15.1. The first kappa shape index (κ1) is 13.6. The number of hydrogen-bond donors (Lipinski definition) is 1. The van der Waals surface area contributed by atoms with E-state index < -0.39 is 0 Å². The first-order valence-electron chi connectivity index (χ1n) is 6.67. The Morgan fingerprint density at radius 3 is 2.42 bits per heavy atom. The molecule has 1 aromatic heterocycles. The lowest BCUT2D eigenvalue weighted by Gasteiger charge is -2.20. The molecule has 0 radical (unpaired) electrons. The lowest BCUT2D eigenvalue weighted by atomic mass is 10.1. The second-order valence-corrected chi connectivity index (χ2v) is 4.74. The lowest BCUT2D eigenvalue weighted by Crippen LogP contribution is -2.17. The number of anilines is 1. The molecular formula is C16H21N3. The van der Waals surface area contributed by atoms with E-state index >= 15 is 0 Å². The standard InChI is InChI=1S/C16H21N3/c1-3-13-4-6-14(7-5-13)12-19(2)16-8-9-18-15(10-16)11-17/h4-10H,3,11-12,17H2,1-2H3. The van der Waals surface area contributed by atoms with Gasteiger partial charge in [-0.25, -0.2) is 0 Å². The van der Waals surface area contributed by atoms with Gasteiger partial charge in [-0.2, -0.15) is 0 Å². The molecule has 0 amide bonds. The van der Waals surface area contributed by atoms with E-state index in [1.165, 1.54) is 11.1 Å². The van der Waals surface area contributed by atoms with Crippen molar-refractivity contribution in [3.05, 3.63) is 59.4 Å². The molecule has 0 aliphatic rings. The van der Waals surface area contributed by atoms with Crippen LogP contribution >= 0.6 is 0 Å². The number of aryl methyl sites for hydroxylation is 1. The van der Waals surface area contributed by atoms with Crippen LogP contribution in [0.2, 0.25) is 0 Å². The third-order valence-electron chi connectivity index (χ3n) is 3.30. The van der Waals surface area contributed by atoms with Gasteiger partial charge in [0.2, 0.25) is 0 Å².